The molecular weight excluding hydrogens is 256 g/mol. The van der Waals surface area contributed by atoms with Crippen LogP contribution in [0.3, 0.4) is 0 Å². The molecule has 0 amide bonds. The van der Waals surface area contributed by atoms with Crippen molar-refractivity contribution in [3.8, 4) is 0 Å². The Hall–Kier alpha value is -1.49. The molecular formula is C14H20N4S. The van der Waals surface area contributed by atoms with E-state index in [0.717, 1.165) is 18.0 Å². The summed E-state index contributed by atoms with van der Waals surface area (Å²) in [5.41, 5.74) is 8.16. The van der Waals surface area contributed by atoms with Gasteiger partial charge in [0.15, 0.2) is 5.82 Å². The van der Waals surface area contributed by atoms with Crippen molar-refractivity contribution in [3.05, 3.63) is 35.5 Å². The number of aromatic nitrogens is 3. The van der Waals surface area contributed by atoms with Crippen LogP contribution in [-0.2, 0) is 6.54 Å². The lowest BCUT2D eigenvalue weighted by molar-refractivity contribution is 0.584. The first-order valence-electron chi connectivity index (χ1n) is 6.46. The number of aryl methyl sites for hydroxylation is 2. The number of hydrogen-bond donors (Lipinski definition) is 1. The highest BCUT2D eigenvalue weighted by molar-refractivity contribution is 7.99. The highest BCUT2D eigenvalue weighted by Crippen LogP contribution is 2.22. The SMILES string of the molecule is Cc1ccc(SCCn2nnc(N)c2C(C)C)cc1. The Labute approximate surface area is 118 Å². The van der Waals surface area contributed by atoms with Gasteiger partial charge in [0, 0.05) is 10.6 Å². The van der Waals surface area contributed by atoms with Crippen molar-refractivity contribution in [1.82, 2.24) is 15.0 Å². The molecule has 19 heavy (non-hydrogen) atoms. The van der Waals surface area contributed by atoms with Crippen molar-refractivity contribution in [2.24, 2.45) is 0 Å². The number of hydrogen-bond acceptors (Lipinski definition) is 4. The Morgan fingerprint density at radius 3 is 2.58 bits per heavy atom. The van der Waals surface area contributed by atoms with E-state index in [1.54, 1.807) is 0 Å². The second-order valence-electron chi connectivity index (χ2n) is 4.90. The second kappa shape index (κ2) is 6.10. The van der Waals surface area contributed by atoms with Gasteiger partial charge in [-0.25, -0.2) is 4.68 Å². The van der Waals surface area contributed by atoms with Crippen LogP contribution < -0.4 is 5.73 Å². The summed E-state index contributed by atoms with van der Waals surface area (Å²) in [6, 6.07) is 8.57. The van der Waals surface area contributed by atoms with E-state index in [2.05, 4.69) is 55.3 Å². The fraction of sp³-hybridized carbons (Fsp3) is 0.429. The van der Waals surface area contributed by atoms with Crippen LogP contribution in [0.1, 0.15) is 31.0 Å². The van der Waals surface area contributed by atoms with Crippen LogP contribution in [0.15, 0.2) is 29.2 Å². The normalized spacial score (nSPS) is 11.2. The maximum atomic E-state index is 5.84. The van der Waals surface area contributed by atoms with Crippen LogP contribution in [-0.4, -0.2) is 20.7 Å². The van der Waals surface area contributed by atoms with E-state index in [0.29, 0.717) is 11.7 Å². The first-order valence-corrected chi connectivity index (χ1v) is 7.45. The first-order chi connectivity index (χ1) is 9.08. The quantitative estimate of drug-likeness (QED) is 0.853. The molecule has 0 atom stereocenters. The third-order valence-electron chi connectivity index (χ3n) is 2.94. The number of nitrogens with two attached hydrogens (primary N) is 1. The Morgan fingerprint density at radius 1 is 1.26 bits per heavy atom. The average Bonchev–Trinajstić information content (AvgIpc) is 2.73. The average molecular weight is 276 g/mol. The lowest BCUT2D eigenvalue weighted by Gasteiger charge is -2.09. The molecule has 0 saturated heterocycles. The van der Waals surface area contributed by atoms with Crippen LogP contribution in [0.25, 0.3) is 0 Å². The van der Waals surface area contributed by atoms with E-state index in [-0.39, 0.29) is 0 Å². The van der Waals surface area contributed by atoms with E-state index in [1.807, 2.05) is 16.4 Å². The van der Waals surface area contributed by atoms with Crippen LogP contribution in [0.2, 0.25) is 0 Å². The summed E-state index contributed by atoms with van der Waals surface area (Å²) in [7, 11) is 0. The van der Waals surface area contributed by atoms with Gasteiger partial charge in [0.25, 0.3) is 0 Å². The molecule has 1 aromatic heterocycles. The predicted octanol–water partition coefficient (Wildman–Crippen LogP) is 3.08. The zero-order valence-electron chi connectivity index (χ0n) is 11.6. The van der Waals surface area contributed by atoms with E-state index in [9.17, 15) is 0 Å². The number of thioether (sulfide) groups is 1. The Balaban J connectivity index is 1.94. The van der Waals surface area contributed by atoms with Gasteiger partial charge in [-0.3, -0.25) is 0 Å². The van der Waals surface area contributed by atoms with E-state index in [1.165, 1.54) is 10.5 Å². The summed E-state index contributed by atoms with van der Waals surface area (Å²) in [5, 5.41) is 8.07. The Bertz CT molecular complexity index is 531. The zero-order chi connectivity index (χ0) is 13.8. The van der Waals surface area contributed by atoms with Crippen LogP contribution >= 0.6 is 11.8 Å². The molecule has 1 aromatic carbocycles. The molecule has 0 radical (unpaired) electrons. The van der Waals surface area contributed by atoms with E-state index < -0.39 is 0 Å². The largest absolute Gasteiger partial charge is 0.381 e. The summed E-state index contributed by atoms with van der Waals surface area (Å²) in [5.74, 6) is 1.86. The van der Waals surface area contributed by atoms with Gasteiger partial charge >= 0.3 is 0 Å². The standard InChI is InChI=1S/C14H20N4S/c1-10(2)13-14(15)16-17-18(13)8-9-19-12-6-4-11(3)5-7-12/h4-7,10H,8-9,15H2,1-3H3. The van der Waals surface area contributed by atoms with Gasteiger partial charge in [-0.1, -0.05) is 36.8 Å². The van der Waals surface area contributed by atoms with Crippen LogP contribution in [0, 0.1) is 6.92 Å². The number of rotatable bonds is 5. The summed E-state index contributed by atoms with van der Waals surface area (Å²) in [4.78, 5) is 1.28. The Morgan fingerprint density at radius 2 is 1.95 bits per heavy atom. The van der Waals surface area contributed by atoms with Crippen LogP contribution in [0.5, 0.6) is 0 Å². The van der Waals surface area contributed by atoms with Gasteiger partial charge in [0.1, 0.15) is 0 Å². The maximum Gasteiger partial charge on any atom is 0.169 e. The molecule has 0 bridgehead atoms. The highest BCUT2D eigenvalue weighted by atomic mass is 32.2. The molecule has 1 heterocycles. The van der Waals surface area contributed by atoms with Crippen molar-refractivity contribution in [2.75, 3.05) is 11.5 Å². The molecule has 0 fully saturated rings. The highest BCUT2D eigenvalue weighted by Gasteiger charge is 2.13. The van der Waals surface area contributed by atoms with Gasteiger partial charge in [-0.2, -0.15) is 0 Å². The van der Waals surface area contributed by atoms with E-state index in [4.69, 9.17) is 5.73 Å². The number of nitrogen functional groups attached to an aromatic ring is 1. The summed E-state index contributed by atoms with van der Waals surface area (Å²) in [6.07, 6.45) is 0. The molecule has 4 nitrogen and oxygen atoms in total. The predicted molar refractivity (Wildman–Crippen MR) is 80.4 cm³/mol. The smallest absolute Gasteiger partial charge is 0.169 e. The minimum Gasteiger partial charge on any atom is -0.381 e. The van der Waals surface area contributed by atoms with Gasteiger partial charge in [0.2, 0.25) is 0 Å². The van der Waals surface area contributed by atoms with Crippen molar-refractivity contribution in [3.63, 3.8) is 0 Å². The molecule has 0 spiro atoms. The third kappa shape index (κ3) is 3.50. The van der Waals surface area contributed by atoms with E-state index >= 15 is 0 Å². The lowest BCUT2D eigenvalue weighted by Crippen LogP contribution is -2.09. The molecule has 2 aromatic rings. The van der Waals surface area contributed by atoms with Gasteiger partial charge in [-0.05, 0) is 25.0 Å². The zero-order valence-corrected chi connectivity index (χ0v) is 12.4. The molecule has 0 aliphatic carbocycles. The van der Waals surface area contributed by atoms with Gasteiger partial charge < -0.3 is 5.73 Å². The molecule has 2 rings (SSSR count). The first kappa shape index (κ1) is 13.9. The van der Waals surface area contributed by atoms with Crippen molar-refractivity contribution >= 4 is 17.6 Å². The molecule has 0 aliphatic rings. The molecule has 0 unspecified atom stereocenters. The van der Waals surface area contributed by atoms with Crippen molar-refractivity contribution in [2.45, 2.75) is 38.1 Å². The lowest BCUT2D eigenvalue weighted by atomic mass is 10.1. The van der Waals surface area contributed by atoms with Crippen molar-refractivity contribution < 1.29 is 0 Å². The fourth-order valence-corrected chi connectivity index (χ4v) is 2.81. The minimum atomic E-state index is 0.347. The molecule has 5 heteroatoms. The monoisotopic (exact) mass is 276 g/mol. The van der Waals surface area contributed by atoms with Gasteiger partial charge in [0.05, 0.1) is 12.2 Å². The van der Waals surface area contributed by atoms with Gasteiger partial charge in [-0.15, -0.1) is 16.9 Å². The Kier molecular flexibility index (Phi) is 4.47. The topological polar surface area (TPSA) is 56.7 Å². The number of anilines is 1. The summed E-state index contributed by atoms with van der Waals surface area (Å²) >= 11 is 1.82. The molecule has 2 N–H and O–H groups in total. The number of benzene rings is 1. The summed E-state index contributed by atoms with van der Waals surface area (Å²) < 4.78 is 1.92. The maximum absolute atomic E-state index is 5.84. The minimum absolute atomic E-state index is 0.347. The summed E-state index contributed by atoms with van der Waals surface area (Å²) in [6.45, 7) is 7.15. The molecule has 0 saturated carbocycles. The molecule has 102 valence electrons. The fourth-order valence-electron chi connectivity index (χ4n) is 1.98. The third-order valence-corrected chi connectivity index (χ3v) is 3.93. The van der Waals surface area contributed by atoms with Crippen molar-refractivity contribution in [1.29, 1.82) is 0 Å². The molecule has 0 aliphatic heterocycles. The second-order valence-corrected chi connectivity index (χ2v) is 6.07. The van der Waals surface area contributed by atoms with Crippen LogP contribution in [0.4, 0.5) is 5.82 Å². The number of nitrogens with zero attached hydrogens (tertiary/aromatic N) is 3.